The minimum atomic E-state index is -0.279. The maximum Gasteiger partial charge on any atom is 0.231 e. The Labute approximate surface area is 127 Å². The molecule has 2 aromatic carbocycles. The summed E-state index contributed by atoms with van der Waals surface area (Å²) >= 11 is 0. The van der Waals surface area contributed by atoms with E-state index in [1.807, 2.05) is 24.3 Å². The number of carbonyl (C=O) groups is 1. The van der Waals surface area contributed by atoms with E-state index in [0.29, 0.717) is 25.1 Å². The van der Waals surface area contributed by atoms with Crippen LogP contribution in [-0.2, 0) is 17.8 Å². The molecule has 0 aliphatic carbocycles. The van der Waals surface area contributed by atoms with E-state index in [2.05, 4.69) is 5.32 Å². The second-order valence-electron chi connectivity index (χ2n) is 5.09. The molecule has 0 saturated carbocycles. The smallest absolute Gasteiger partial charge is 0.231 e. The number of rotatable bonds is 5. The van der Waals surface area contributed by atoms with Gasteiger partial charge in [0.2, 0.25) is 12.7 Å². The minimum absolute atomic E-state index is 0.0677. The number of hydrogen-bond acceptors (Lipinski definition) is 3. The summed E-state index contributed by atoms with van der Waals surface area (Å²) in [5.41, 5.74) is 1.77. The normalized spacial score (nSPS) is 12.2. The third-order valence-electron chi connectivity index (χ3n) is 3.46. The Hall–Kier alpha value is -2.56. The molecule has 1 aliphatic heterocycles. The van der Waals surface area contributed by atoms with E-state index in [4.69, 9.17) is 9.47 Å². The van der Waals surface area contributed by atoms with Gasteiger partial charge in [0, 0.05) is 13.0 Å². The molecule has 22 heavy (non-hydrogen) atoms. The molecule has 1 aliphatic rings. The largest absolute Gasteiger partial charge is 0.454 e. The highest BCUT2D eigenvalue weighted by atomic mass is 19.1. The molecule has 5 heteroatoms. The van der Waals surface area contributed by atoms with Crippen molar-refractivity contribution < 1.29 is 18.7 Å². The molecule has 0 spiro atoms. The van der Waals surface area contributed by atoms with Crippen molar-refractivity contribution in [2.75, 3.05) is 6.79 Å². The van der Waals surface area contributed by atoms with Gasteiger partial charge in [-0.05, 0) is 41.8 Å². The van der Waals surface area contributed by atoms with Gasteiger partial charge >= 0.3 is 0 Å². The monoisotopic (exact) mass is 301 g/mol. The lowest BCUT2D eigenvalue weighted by Gasteiger charge is -2.06. The fraction of sp³-hybridized carbons (Fsp3) is 0.235. The van der Waals surface area contributed by atoms with E-state index in [1.54, 1.807) is 6.07 Å². The van der Waals surface area contributed by atoms with Crippen molar-refractivity contribution in [1.82, 2.24) is 5.32 Å². The average molecular weight is 301 g/mol. The van der Waals surface area contributed by atoms with E-state index < -0.39 is 0 Å². The highest BCUT2D eigenvalue weighted by Gasteiger charge is 2.13. The van der Waals surface area contributed by atoms with Crippen LogP contribution in [0, 0.1) is 5.82 Å². The Morgan fingerprint density at radius 2 is 1.95 bits per heavy atom. The molecule has 1 N–H and O–H groups in total. The van der Waals surface area contributed by atoms with Crippen molar-refractivity contribution in [3.63, 3.8) is 0 Å². The molecule has 0 aromatic heterocycles. The Morgan fingerprint density at radius 1 is 1.09 bits per heavy atom. The van der Waals surface area contributed by atoms with Crippen molar-refractivity contribution in [3.8, 4) is 11.5 Å². The van der Waals surface area contributed by atoms with E-state index in [-0.39, 0.29) is 18.5 Å². The molecule has 0 saturated heterocycles. The van der Waals surface area contributed by atoms with Crippen molar-refractivity contribution in [1.29, 1.82) is 0 Å². The van der Waals surface area contributed by atoms with Crippen LogP contribution >= 0.6 is 0 Å². The Kier molecular flexibility index (Phi) is 4.23. The highest BCUT2D eigenvalue weighted by molar-refractivity contribution is 5.76. The number of aryl methyl sites for hydroxylation is 1. The number of ether oxygens (including phenoxy) is 2. The van der Waals surface area contributed by atoms with Gasteiger partial charge in [-0.15, -0.1) is 0 Å². The first-order chi connectivity index (χ1) is 10.7. The molecule has 0 bridgehead atoms. The van der Waals surface area contributed by atoms with Crippen LogP contribution in [0.5, 0.6) is 11.5 Å². The molecule has 0 atom stereocenters. The first kappa shape index (κ1) is 14.4. The summed E-state index contributed by atoms with van der Waals surface area (Å²) < 4.78 is 23.6. The van der Waals surface area contributed by atoms with Crippen LogP contribution in [0.2, 0.25) is 0 Å². The molecule has 0 fully saturated rings. The topological polar surface area (TPSA) is 47.6 Å². The third-order valence-corrected chi connectivity index (χ3v) is 3.46. The molecule has 4 nitrogen and oxygen atoms in total. The summed E-state index contributed by atoms with van der Waals surface area (Å²) in [4.78, 5) is 11.8. The van der Waals surface area contributed by atoms with Gasteiger partial charge in [0.25, 0.3) is 0 Å². The number of benzene rings is 2. The fourth-order valence-corrected chi connectivity index (χ4v) is 2.29. The summed E-state index contributed by atoms with van der Waals surface area (Å²) in [6, 6.07) is 11.9. The van der Waals surface area contributed by atoms with Gasteiger partial charge in [-0.1, -0.05) is 18.2 Å². The summed E-state index contributed by atoms with van der Waals surface area (Å²) in [5.74, 6) is 1.08. The Morgan fingerprint density at radius 3 is 2.82 bits per heavy atom. The number of fused-ring (bicyclic) bond motifs is 1. The quantitative estimate of drug-likeness (QED) is 0.924. The summed E-state index contributed by atoms with van der Waals surface area (Å²) in [5, 5.41) is 2.85. The number of amides is 1. The number of hydrogen-bond donors (Lipinski definition) is 1. The molecule has 0 radical (unpaired) electrons. The average Bonchev–Trinajstić information content (AvgIpc) is 2.98. The summed E-state index contributed by atoms with van der Waals surface area (Å²) in [7, 11) is 0. The Balaban J connectivity index is 1.48. The van der Waals surface area contributed by atoms with Gasteiger partial charge in [-0.25, -0.2) is 4.39 Å². The maximum absolute atomic E-state index is 13.0. The van der Waals surface area contributed by atoms with E-state index >= 15 is 0 Å². The van der Waals surface area contributed by atoms with Crippen LogP contribution in [0.3, 0.4) is 0 Å². The van der Waals surface area contributed by atoms with Crippen LogP contribution in [0.4, 0.5) is 4.39 Å². The molecular formula is C17H16FNO3. The maximum atomic E-state index is 13.0. The molecule has 0 unspecified atom stereocenters. The second kappa shape index (κ2) is 6.47. The predicted octanol–water partition coefficient (Wildman–Crippen LogP) is 2.80. The SMILES string of the molecule is O=C(CCc1cccc(F)c1)NCc1ccc2c(c1)OCO2. The van der Waals surface area contributed by atoms with Gasteiger partial charge in [0.1, 0.15) is 5.82 Å². The fourth-order valence-electron chi connectivity index (χ4n) is 2.29. The highest BCUT2D eigenvalue weighted by Crippen LogP contribution is 2.32. The molecule has 3 rings (SSSR count). The molecule has 2 aromatic rings. The van der Waals surface area contributed by atoms with Crippen molar-refractivity contribution >= 4 is 5.91 Å². The van der Waals surface area contributed by atoms with E-state index in [0.717, 1.165) is 16.9 Å². The minimum Gasteiger partial charge on any atom is -0.454 e. The van der Waals surface area contributed by atoms with Crippen LogP contribution in [-0.4, -0.2) is 12.7 Å². The van der Waals surface area contributed by atoms with Gasteiger partial charge in [-0.2, -0.15) is 0 Å². The molecule has 114 valence electrons. The van der Waals surface area contributed by atoms with Crippen LogP contribution < -0.4 is 14.8 Å². The van der Waals surface area contributed by atoms with Gasteiger partial charge in [0.05, 0.1) is 0 Å². The number of nitrogens with one attached hydrogen (secondary N) is 1. The van der Waals surface area contributed by atoms with Crippen molar-refractivity contribution in [2.24, 2.45) is 0 Å². The third kappa shape index (κ3) is 3.55. The lowest BCUT2D eigenvalue weighted by molar-refractivity contribution is -0.121. The second-order valence-corrected chi connectivity index (χ2v) is 5.09. The number of carbonyl (C=O) groups excluding carboxylic acids is 1. The standard InChI is InChI=1S/C17H16FNO3/c18-14-3-1-2-12(8-14)5-7-17(20)19-10-13-4-6-15-16(9-13)22-11-21-15/h1-4,6,8-9H,5,7,10-11H2,(H,19,20). The zero-order valence-corrected chi connectivity index (χ0v) is 12.0. The summed E-state index contributed by atoms with van der Waals surface area (Å²) in [6.45, 7) is 0.664. The lowest BCUT2D eigenvalue weighted by atomic mass is 10.1. The molecule has 1 amide bonds. The first-order valence-corrected chi connectivity index (χ1v) is 7.10. The zero-order valence-electron chi connectivity index (χ0n) is 12.0. The van der Waals surface area contributed by atoms with Crippen molar-refractivity contribution in [2.45, 2.75) is 19.4 Å². The van der Waals surface area contributed by atoms with E-state index in [1.165, 1.54) is 12.1 Å². The molecular weight excluding hydrogens is 285 g/mol. The van der Waals surface area contributed by atoms with Crippen LogP contribution in [0.15, 0.2) is 42.5 Å². The van der Waals surface area contributed by atoms with Gasteiger partial charge < -0.3 is 14.8 Å². The zero-order chi connectivity index (χ0) is 15.4. The summed E-state index contributed by atoms with van der Waals surface area (Å²) in [6.07, 6.45) is 0.846. The van der Waals surface area contributed by atoms with Crippen LogP contribution in [0.1, 0.15) is 17.5 Å². The van der Waals surface area contributed by atoms with Crippen molar-refractivity contribution in [3.05, 3.63) is 59.4 Å². The Bertz CT molecular complexity index is 687. The van der Waals surface area contributed by atoms with E-state index in [9.17, 15) is 9.18 Å². The molecule has 1 heterocycles. The van der Waals surface area contributed by atoms with Gasteiger partial charge in [0.15, 0.2) is 11.5 Å². The number of halogens is 1. The van der Waals surface area contributed by atoms with Gasteiger partial charge in [-0.3, -0.25) is 4.79 Å². The van der Waals surface area contributed by atoms with Crippen LogP contribution in [0.25, 0.3) is 0 Å². The first-order valence-electron chi connectivity index (χ1n) is 7.10. The predicted molar refractivity (Wildman–Crippen MR) is 79.1 cm³/mol. The lowest BCUT2D eigenvalue weighted by Crippen LogP contribution is -2.22.